The van der Waals surface area contributed by atoms with Crippen molar-refractivity contribution in [3.05, 3.63) is 74.8 Å². The number of fused-ring (bicyclic) bond motifs is 1. The van der Waals surface area contributed by atoms with Crippen LogP contribution < -0.4 is 5.56 Å². The van der Waals surface area contributed by atoms with Gasteiger partial charge in [0.2, 0.25) is 0 Å². The summed E-state index contributed by atoms with van der Waals surface area (Å²) in [5.74, 6) is 0.975. The highest BCUT2D eigenvalue weighted by molar-refractivity contribution is 6.30. The molecule has 0 unspecified atom stereocenters. The Kier molecular flexibility index (Phi) is 5.83. The maximum absolute atomic E-state index is 14.9. The number of nitrogens with zero attached hydrogens (tertiary/aromatic N) is 6. The van der Waals surface area contributed by atoms with Gasteiger partial charge in [0, 0.05) is 48.1 Å². The highest BCUT2D eigenvalue weighted by atomic mass is 35.5. The van der Waals surface area contributed by atoms with Gasteiger partial charge in [0.15, 0.2) is 5.52 Å². The summed E-state index contributed by atoms with van der Waals surface area (Å²) in [6.07, 6.45) is 4.53. The second kappa shape index (κ2) is 8.81. The minimum Gasteiger partial charge on any atom is -0.373 e. The maximum atomic E-state index is 14.9. The number of ether oxygens (including phenoxy) is 1. The monoisotopic (exact) mass is 480 g/mol. The van der Waals surface area contributed by atoms with Gasteiger partial charge in [-0.25, -0.2) is 29.3 Å². The third kappa shape index (κ3) is 4.05. The summed E-state index contributed by atoms with van der Waals surface area (Å²) in [6, 6.07) is 4.36. The Bertz CT molecular complexity index is 1460. The van der Waals surface area contributed by atoms with Crippen LogP contribution in [0.4, 0.5) is 4.39 Å². The number of hydrogen-bond acceptors (Lipinski definition) is 7. The number of aromatic nitrogens is 6. The minimum atomic E-state index is -0.541. The van der Waals surface area contributed by atoms with Crippen LogP contribution in [0.1, 0.15) is 47.9 Å². The highest BCUT2D eigenvalue weighted by Crippen LogP contribution is 2.37. The van der Waals surface area contributed by atoms with E-state index in [1.165, 1.54) is 10.6 Å². The molecule has 0 radical (unpaired) electrons. The quantitative estimate of drug-likeness (QED) is 0.433. The van der Waals surface area contributed by atoms with Crippen molar-refractivity contribution in [3.63, 3.8) is 0 Å². The maximum Gasteiger partial charge on any atom is 0.279 e. The molecule has 2 atom stereocenters. The van der Waals surface area contributed by atoms with Gasteiger partial charge < -0.3 is 4.74 Å². The van der Waals surface area contributed by atoms with Crippen molar-refractivity contribution in [2.45, 2.75) is 38.7 Å². The Morgan fingerprint density at radius 3 is 2.62 bits per heavy atom. The van der Waals surface area contributed by atoms with E-state index in [2.05, 4.69) is 19.9 Å². The predicted molar refractivity (Wildman–Crippen MR) is 125 cm³/mol. The van der Waals surface area contributed by atoms with Gasteiger partial charge in [0.05, 0.1) is 6.10 Å². The Labute approximate surface area is 199 Å². The van der Waals surface area contributed by atoms with Gasteiger partial charge in [-0.15, -0.1) is 0 Å². The van der Waals surface area contributed by atoms with Crippen LogP contribution in [0.5, 0.6) is 0 Å². The summed E-state index contributed by atoms with van der Waals surface area (Å²) >= 11 is 5.97. The molecule has 0 aliphatic carbocycles. The van der Waals surface area contributed by atoms with Crippen molar-refractivity contribution >= 4 is 22.6 Å². The normalized spacial score (nSPS) is 18.4. The summed E-state index contributed by atoms with van der Waals surface area (Å²) in [6.45, 7) is 4.02. The second-order valence-electron chi connectivity index (χ2n) is 8.42. The topological polar surface area (TPSA) is 95.7 Å². The second-order valence-corrected chi connectivity index (χ2v) is 8.86. The predicted octanol–water partition coefficient (Wildman–Crippen LogP) is 4.23. The summed E-state index contributed by atoms with van der Waals surface area (Å²) in [5.41, 5.74) is 1.47. The average Bonchev–Trinajstić information content (AvgIpc) is 2.83. The van der Waals surface area contributed by atoms with Gasteiger partial charge in [-0.2, -0.15) is 0 Å². The van der Waals surface area contributed by atoms with Crippen molar-refractivity contribution < 1.29 is 9.13 Å². The first-order valence-electron chi connectivity index (χ1n) is 10.9. The zero-order valence-corrected chi connectivity index (χ0v) is 19.7. The first-order chi connectivity index (χ1) is 16.3. The van der Waals surface area contributed by atoms with Crippen molar-refractivity contribution in [2.24, 2.45) is 7.05 Å². The number of hydrogen-bond donors (Lipinski definition) is 0. The van der Waals surface area contributed by atoms with Gasteiger partial charge in [-0.3, -0.25) is 9.36 Å². The molecule has 4 heterocycles. The molecule has 0 bridgehead atoms. The zero-order valence-electron chi connectivity index (χ0n) is 18.9. The van der Waals surface area contributed by atoms with Crippen molar-refractivity contribution in [2.75, 3.05) is 6.61 Å². The first-order valence-corrected chi connectivity index (χ1v) is 11.3. The third-order valence-electron chi connectivity index (χ3n) is 6.18. The van der Waals surface area contributed by atoms with Gasteiger partial charge in [-0.1, -0.05) is 11.6 Å². The summed E-state index contributed by atoms with van der Waals surface area (Å²) in [4.78, 5) is 35.5. The molecular formula is C24H22ClFN6O2. The van der Waals surface area contributed by atoms with Gasteiger partial charge in [0.25, 0.3) is 5.56 Å². The molecule has 1 aromatic carbocycles. The largest absolute Gasteiger partial charge is 0.373 e. The fourth-order valence-electron chi connectivity index (χ4n) is 4.15. The van der Waals surface area contributed by atoms with E-state index in [-0.39, 0.29) is 44.9 Å². The standard InChI is InChI=1S/C24H22ClFN6O2/c1-12-27-10-15(11-28-12)19-8-14(6-7-34-19)23-30-20(17-5-4-16(25)9-18(17)26)21-22(31-23)24(33)32(3)13(2)29-21/h4-5,9-11,14,19H,6-8H2,1-3H3/t14-,19-/m0/s1. The smallest absolute Gasteiger partial charge is 0.279 e. The van der Waals surface area contributed by atoms with Crippen LogP contribution in [0.15, 0.2) is 35.4 Å². The lowest BCUT2D eigenvalue weighted by atomic mass is 9.92. The van der Waals surface area contributed by atoms with Crippen LogP contribution in [0.2, 0.25) is 5.02 Å². The lowest BCUT2D eigenvalue weighted by molar-refractivity contribution is 0.00360. The number of aryl methyl sites for hydroxylation is 2. The molecule has 8 nitrogen and oxygen atoms in total. The lowest BCUT2D eigenvalue weighted by Gasteiger charge is -2.29. The van der Waals surface area contributed by atoms with E-state index in [1.807, 2.05) is 6.92 Å². The number of halogens is 2. The molecule has 4 aromatic rings. The Morgan fingerprint density at radius 2 is 1.88 bits per heavy atom. The zero-order chi connectivity index (χ0) is 24.0. The number of rotatable bonds is 3. The highest BCUT2D eigenvalue weighted by Gasteiger charge is 2.29. The fourth-order valence-corrected chi connectivity index (χ4v) is 4.31. The minimum absolute atomic E-state index is 0.107. The van der Waals surface area contributed by atoms with Crippen molar-refractivity contribution in [1.82, 2.24) is 29.5 Å². The summed E-state index contributed by atoms with van der Waals surface area (Å²) < 4.78 is 22.3. The van der Waals surface area contributed by atoms with Gasteiger partial charge in [0.1, 0.15) is 34.5 Å². The fraction of sp³-hybridized carbons (Fsp3) is 0.333. The summed E-state index contributed by atoms with van der Waals surface area (Å²) in [7, 11) is 1.64. The van der Waals surface area contributed by atoms with Crippen LogP contribution >= 0.6 is 11.6 Å². The molecule has 1 saturated heterocycles. The van der Waals surface area contributed by atoms with E-state index in [1.54, 1.807) is 38.5 Å². The Hall–Kier alpha value is -3.30. The van der Waals surface area contributed by atoms with Crippen LogP contribution in [0.3, 0.4) is 0 Å². The van der Waals surface area contributed by atoms with E-state index in [0.29, 0.717) is 36.9 Å². The molecular weight excluding hydrogens is 459 g/mol. The van der Waals surface area contributed by atoms with Crippen molar-refractivity contribution in [1.29, 1.82) is 0 Å². The van der Waals surface area contributed by atoms with E-state index in [9.17, 15) is 9.18 Å². The molecule has 0 spiro atoms. The Balaban J connectivity index is 1.65. The molecule has 5 rings (SSSR count). The molecule has 0 saturated carbocycles. The Morgan fingerprint density at radius 1 is 1.12 bits per heavy atom. The van der Waals surface area contributed by atoms with E-state index in [0.717, 1.165) is 5.56 Å². The van der Waals surface area contributed by atoms with E-state index >= 15 is 0 Å². The van der Waals surface area contributed by atoms with Crippen LogP contribution in [0, 0.1) is 19.7 Å². The third-order valence-corrected chi connectivity index (χ3v) is 6.41. The molecule has 1 aliphatic rings. The van der Waals surface area contributed by atoms with Gasteiger partial charge >= 0.3 is 0 Å². The SMILES string of the molecule is Cc1ncc([C@@H]2C[C@@H](c3nc(-c4ccc(Cl)cc4F)c4nc(C)n(C)c(=O)c4n3)CCO2)cn1. The molecule has 0 N–H and O–H groups in total. The van der Waals surface area contributed by atoms with Crippen LogP contribution in [-0.4, -0.2) is 36.1 Å². The average molecular weight is 481 g/mol. The van der Waals surface area contributed by atoms with E-state index in [4.69, 9.17) is 21.3 Å². The van der Waals surface area contributed by atoms with Gasteiger partial charge in [-0.05, 0) is 44.9 Å². The lowest BCUT2D eigenvalue weighted by Crippen LogP contribution is -2.25. The number of benzene rings is 1. The first kappa shape index (κ1) is 22.5. The molecule has 34 heavy (non-hydrogen) atoms. The molecule has 174 valence electrons. The molecule has 10 heteroatoms. The van der Waals surface area contributed by atoms with Crippen molar-refractivity contribution in [3.8, 4) is 11.3 Å². The molecule has 0 amide bonds. The summed E-state index contributed by atoms with van der Waals surface area (Å²) in [5, 5.41) is 0.271. The van der Waals surface area contributed by atoms with E-state index < -0.39 is 5.82 Å². The molecule has 1 aliphatic heterocycles. The molecule has 1 fully saturated rings. The molecule has 3 aromatic heterocycles. The van der Waals surface area contributed by atoms with Crippen LogP contribution in [-0.2, 0) is 11.8 Å². The van der Waals surface area contributed by atoms with Crippen LogP contribution in [0.25, 0.3) is 22.3 Å².